The summed E-state index contributed by atoms with van der Waals surface area (Å²) in [4.78, 5) is 42.6. The summed E-state index contributed by atoms with van der Waals surface area (Å²) in [6.45, 7) is 2.38. The summed E-state index contributed by atoms with van der Waals surface area (Å²) in [5, 5.41) is 14.0. The molecule has 0 aliphatic carbocycles. The molecule has 0 spiro atoms. The van der Waals surface area contributed by atoms with E-state index >= 15 is 0 Å². The van der Waals surface area contributed by atoms with E-state index in [2.05, 4.69) is 10.3 Å². The van der Waals surface area contributed by atoms with Gasteiger partial charge < -0.3 is 14.8 Å². The molecule has 1 saturated heterocycles. The van der Waals surface area contributed by atoms with Crippen molar-refractivity contribution in [2.75, 3.05) is 39.8 Å². The molecule has 1 N–H and O–H groups in total. The molecule has 0 atom stereocenters. The van der Waals surface area contributed by atoms with Crippen LogP contribution < -0.4 is 5.32 Å². The van der Waals surface area contributed by atoms with Crippen molar-refractivity contribution in [1.82, 2.24) is 24.7 Å². The molecule has 10 heteroatoms. The van der Waals surface area contributed by atoms with Crippen molar-refractivity contribution in [2.45, 2.75) is 0 Å². The zero-order chi connectivity index (χ0) is 19.4. The number of amides is 2. The zero-order valence-corrected chi connectivity index (χ0v) is 14.9. The van der Waals surface area contributed by atoms with E-state index in [9.17, 15) is 19.7 Å². The van der Waals surface area contributed by atoms with E-state index in [-0.39, 0.29) is 23.1 Å². The van der Waals surface area contributed by atoms with Crippen LogP contribution >= 0.6 is 0 Å². The number of nitrogens with one attached hydrogen (secondary N) is 1. The van der Waals surface area contributed by atoms with Crippen LogP contribution in [0.25, 0.3) is 5.69 Å². The number of carbonyl (C=O) groups excluding carboxylic acids is 2. The number of aromatic nitrogens is 2. The van der Waals surface area contributed by atoms with Crippen molar-refractivity contribution >= 4 is 17.5 Å². The van der Waals surface area contributed by atoms with Gasteiger partial charge >= 0.3 is 0 Å². The first-order valence-corrected chi connectivity index (χ1v) is 8.48. The minimum Gasteiger partial charge on any atom is -0.358 e. The van der Waals surface area contributed by atoms with Crippen molar-refractivity contribution < 1.29 is 14.5 Å². The van der Waals surface area contributed by atoms with Crippen LogP contribution in [-0.4, -0.2) is 75.9 Å². The Hall–Kier alpha value is -3.27. The minimum absolute atomic E-state index is 0.0690. The Bertz CT molecular complexity index is 843. The molecule has 142 valence electrons. The number of nitro groups is 1. The Kier molecular flexibility index (Phi) is 5.46. The Morgan fingerprint density at radius 3 is 2.59 bits per heavy atom. The highest BCUT2D eigenvalue weighted by Gasteiger charge is 2.25. The van der Waals surface area contributed by atoms with Crippen LogP contribution in [0.2, 0.25) is 0 Å². The third-order valence-electron chi connectivity index (χ3n) is 4.51. The molecule has 27 heavy (non-hydrogen) atoms. The van der Waals surface area contributed by atoms with Crippen LogP contribution in [-0.2, 0) is 4.79 Å². The second-order valence-electron chi connectivity index (χ2n) is 6.17. The SMILES string of the molecule is CNC(=O)CN1CCN(C(=O)c2ccc(-n3ccnc3)c([N+](=O)[O-])c2)CC1. The molecule has 10 nitrogen and oxygen atoms in total. The average Bonchev–Trinajstić information content (AvgIpc) is 3.22. The number of rotatable bonds is 5. The number of nitrogens with zero attached hydrogens (tertiary/aromatic N) is 5. The molecular formula is C17H20N6O4. The van der Waals surface area contributed by atoms with Gasteiger partial charge in [0.25, 0.3) is 11.6 Å². The largest absolute Gasteiger partial charge is 0.358 e. The molecular weight excluding hydrogens is 352 g/mol. The summed E-state index contributed by atoms with van der Waals surface area (Å²) in [6.07, 6.45) is 4.60. The first-order valence-electron chi connectivity index (χ1n) is 8.48. The number of piperazine rings is 1. The highest BCUT2D eigenvalue weighted by atomic mass is 16.6. The molecule has 2 amide bonds. The van der Waals surface area contributed by atoms with E-state index in [1.807, 2.05) is 4.90 Å². The number of hydrogen-bond donors (Lipinski definition) is 1. The van der Waals surface area contributed by atoms with Gasteiger partial charge in [-0.3, -0.25) is 24.6 Å². The minimum atomic E-state index is -0.507. The van der Waals surface area contributed by atoms with Gasteiger partial charge in [-0.2, -0.15) is 0 Å². The predicted molar refractivity (Wildman–Crippen MR) is 96.6 cm³/mol. The molecule has 0 unspecified atom stereocenters. The molecule has 0 radical (unpaired) electrons. The van der Waals surface area contributed by atoms with Gasteiger partial charge in [-0.1, -0.05) is 0 Å². The van der Waals surface area contributed by atoms with Crippen LogP contribution in [0.3, 0.4) is 0 Å². The van der Waals surface area contributed by atoms with Crippen LogP contribution in [0.5, 0.6) is 0 Å². The van der Waals surface area contributed by atoms with Crippen LogP contribution in [0, 0.1) is 10.1 Å². The van der Waals surface area contributed by atoms with Gasteiger partial charge in [-0.25, -0.2) is 4.98 Å². The maximum absolute atomic E-state index is 12.7. The third kappa shape index (κ3) is 4.11. The summed E-state index contributed by atoms with van der Waals surface area (Å²) < 4.78 is 1.53. The summed E-state index contributed by atoms with van der Waals surface area (Å²) in [7, 11) is 1.59. The van der Waals surface area contributed by atoms with Crippen LogP contribution in [0.1, 0.15) is 10.4 Å². The standard InChI is InChI=1S/C17H20N6O4/c1-18-16(24)11-20-6-8-21(9-7-20)17(25)13-2-3-14(15(10-13)23(26)27)22-5-4-19-12-22/h2-5,10,12H,6-9,11H2,1H3,(H,18,24). The molecule has 1 aromatic carbocycles. The summed E-state index contributed by atoms with van der Waals surface area (Å²) in [5.41, 5.74) is 0.465. The van der Waals surface area contributed by atoms with E-state index in [1.165, 1.54) is 23.2 Å². The Morgan fingerprint density at radius 2 is 2.00 bits per heavy atom. The quantitative estimate of drug-likeness (QED) is 0.596. The van der Waals surface area contributed by atoms with Gasteiger partial charge in [0.1, 0.15) is 5.69 Å². The number of hydrogen-bond acceptors (Lipinski definition) is 6. The monoisotopic (exact) mass is 372 g/mol. The van der Waals surface area contributed by atoms with Crippen molar-refractivity contribution in [1.29, 1.82) is 0 Å². The molecule has 2 heterocycles. The van der Waals surface area contributed by atoms with Crippen molar-refractivity contribution in [3.8, 4) is 5.69 Å². The fourth-order valence-corrected chi connectivity index (χ4v) is 3.00. The highest BCUT2D eigenvalue weighted by Crippen LogP contribution is 2.25. The van der Waals surface area contributed by atoms with Crippen molar-refractivity contribution in [3.05, 3.63) is 52.6 Å². The smallest absolute Gasteiger partial charge is 0.294 e. The molecule has 2 aromatic rings. The van der Waals surface area contributed by atoms with Gasteiger partial charge in [0.15, 0.2) is 0 Å². The number of nitro benzene ring substituents is 1. The van der Waals surface area contributed by atoms with E-state index < -0.39 is 4.92 Å². The second kappa shape index (κ2) is 7.96. The Labute approximate surface area is 155 Å². The predicted octanol–water partition coefficient (Wildman–Crippen LogP) is 0.284. The van der Waals surface area contributed by atoms with Gasteiger partial charge in [-0.15, -0.1) is 0 Å². The fourth-order valence-electron chi connectivity index (χ4n) is 3.00. The Morgan fingerprint density at radius 1 is 1.26 bits per heavy atom. The van der Waals surface area contributed by atoms with E-state index in [0.29, 0.717) is 38.4 Å². The lowest BCUT2D eigenvalue weighted by molar-refractivity contribution is -0.384. The lowest BCUT2D eigenvalue weighted by atomic mass is 10.1. The number of carbonyl (C=O) groups is 2. The lowest BCUT2D eigenvalue weighted by Crippen LogP contribution is -2.50. The number of benzene rings is 1. The van der Waals surface area contributed by atoms with E-state index in [4.69, 9.17) is 0 Å². The highest BCUT2D eigenvalue weighted by molar-refractivity contribution is 5.95. The first kappa shape index (κ1) is 18.5. The fraction of sp³-hybridized carbons (Fsp3) is 0.353. The number of likely N-dealkylation sites (N-methyl/N-ethyl adjacent to an activating group) is 1. The van der Waals surface area contributed by atoms with Crippen LogP contribution in [0.15, 0.2) is 36.9 Å². The van der Waals surface area contributed by atoms with Gasteiger partial charge in [0.2, 0.25) is 5.91 Å². The maximum atomic E-state index is 12.7. The molecule has 1 aliphatic rings. The molecule has 0 bridgehead atoms. The molecule has 3 rings (SSSR count). The van der Waals surface area contributed by atoms with E-state index in [0.717, 1.165) is 0 Å². The second-order valence-corrected chi connectivity index (χ2v) is 6.17. The summed E-state index contributed by atoms with van der Waals surface area (Å²) >= 11 is 0. The maximum Gasteiger partial charge on any atom is 0.294 e. The topological polar surface area (TPSA) is 114 Å². The van der Waals surface area contributed by atoms with Crippen molar-refractivity contribution in [2.24, 2.45) is 0 Å². The van der Waals surface area contributed by atoms with Gasteiger partial charge in [0.05, 0.1) is 17.8 Å². The van der Waals surface area contributed by atoms with Gasteiger partial charge in [-0.05, 0) is 12.1 Å². The summed E-state index contributed by atoms with van der Waals surface area (Å²) in [5.74, 6) is -0.324. The number of imidazole rings is 1. The van der Waals surface area contributed by atoms with Crippen LogP contribution in [0.4, 0.5) is 5.69 Å². The summed E-state index contributed by atoms with van der Waals surface area (Å²) in [6, 6.07) is 4.44. The Balaban J connectivity index is 1.73. The lowest BCUT2D eigenvalue weighted by Gasteiger charge is -2.34. The zero-order valence-electron chi connectivity index (χ0n) is 14.9. The third-order valence-corrected chi connectivity index (χ3v) is 4.51. The van der Waals surface area contributed by atoms with Gasteiger partial charge in [0, 0.05) is 57.3 Å². The molecule has 1 aliphatic heterocycles. The molecule has 1 aromatic heterocycles. The van der Waals surface area contributed by atoms with E-state index in [1.54, 1.807) is 30.3 Å². The van der Waals surface area contributed by atoms with Crippen molar-refractivity contribution in [3.63, 3.8) is 0 Å². The molecule has 1 fully saturated rings. The molecule has 0 saturated carbocycles. The average molecular weight is 372 g/mol. The normalized spacial score (nSPS) is 14.8. The first-order chi connectivity index (χ1) is 13.0.